The summed E-state index contributed by atoms with van der Waals surface area (Å²) in [5.74, 6) is 1.05. The Kier molecular flexibility index (Phi) is 9.87. The number of ether oxygens (including phenoxy) is 2. The molecule has 0 radical (unpaired) electrons. The summed E-state index contributed by atoms with van der Waals surface area (Å²) < 4.78 is 10.7. The number of hydrogen-bond donors (Lipinski definition) is 1. The second-order valence-corrected chi connectivity index (χ2v) is 11.2. The fraction of sp³-hybridized carbons (Fsp3) is 0.394. The van der Waals surface area contributed by atoms with Crippen LogP contribution in [0.25, 0.3) is 0 Å². The number of halogens is 1. The van der Waals surface area contributed by atoms with Crippen molar-refractivity contribution in [3.05, 3.63) is 83.4 Å². The third-order valence-electron chi connectivity index (χ3n) is 8.24. The van der Waals surface area contributed by atoms with Gasteiger partial charge >= 0.3 is 0 Å². The van der Waals surface area contributed by atoms with Gasteiger partial charge in [0.2, 0.25) is 11.8 Å². The number of carbonyl (C=O) groups excluding carboxylic acids is 2. The van der Waals surface area contributed by atoms with Crippen LogP contribution < -0.4 is 24.6 Å². The first-order chi connectivity index (χ1) is 20.5. The van der Waals surface area contributed by atoms with Crippen LogP contribution in [0.3, 0.4) is 0 Å². The van der Waals surface area contributed by atoms with Gasteiger partial charge in [-0.25, -0.2) is 0 Å². The molecule has 0 spiro atoms. The lowest BCUT2D eigenvalue weighted by Crippen LogP contribution is -2.49. The third kappa shape index (κ3) is 6.99. The van der Waals surface area contributed by atoms with Gasteiger partial charge in [-0.3, -0.25) is 14.5 Å². The van der Waals surface area contributed by atoms with Crippen LogP contribution in [0.5, 0.6) is 11.5 Å². The van der Waals surface area contributed by atoms with E-state index in [0.29, 0.717) is 25.1 Å². The fourth-order valence-corrected chi connectivity index (χ4v) is 6.13. The van der Waals surface area contributed by atoms with Crippen molar-refractivity contribution in [3.8, 4) is 11.5 Å². The van der Waals surface area contributed by atoms with Crippen LogP contribution >= 0.6 is 11.6 Å². The van der Waals surface area contributed by atoms with Gasteiger partial charge in [0.05, 0.1) is 26.2 Å². The quantitative estimate of drug-likeness (QED) is 0.329. The lowest BCUT2D eigenvalue weighted by Gasteiger charge is -2.41. The molecule has 0 saturated carbocycles. The maximum absolute atomic E-state index is 13.6. The molecule has 0 bridgehead atoms. The summed E-state index contributed by atoms with van der Waals surface area (Å²) in [4.78, 5) is 33.5. The maximum Gasteiger partial charge on any atom is 0.227 e. The molecule has 222 valence electrons. The summed E-state index contributed by atoms with van der Waals surface area (Å²) in [5, 5.41) is 3.95. The molecule has 2 fully saturated rings. The van der Waals surface area contributed by atoms with Crippen LogP contribution in [-0.2, 0) is 9.59 Å². The Hall–Kier alpha value is -3.75. The highest BCUT2D eigenvalue weighted by molar-refractivity contribution is 6.30. The molecule has 42 heavy (non-hydrogen) atoms. The van der Waals surface area contributed by atoms with Crippen molar-refractivity contribution in [3.63, 3.8) is 0 Å². The second-order valence-electron chi connectivity index (χ2n) is 10.8. The lowest BCUT2D eigenvalue weighted by atomic mass is 9.83. The Morgan fingerprint density at radius 2 is 1.57 bits per heavy atom. The van der Waals surface area contributed by atoms with Gasteiger partial charge in [0.25, 0.3) is 0 Å². The zero-order valence-corrected chi connectivity index (χ0v) is 25.1. The molecule has 3 aromatic carbocycles. The number of benzene rings is 3. The number of hydrogen-bond acceptors (Lipinski definition) is 6. The van der Waals surface area contributed by atoms with Gasteiger partial charge in [0, 0.05) is 55.5 Å². The SMILES string of the molecule is COc1ccc([C@@H]2[C@H](C(=O)NCCCN3CCN(c4cccc(Cl)c4)CC3)CCC(=O)N2c2ccc(OC)cc2)cc1. The molecule has 9 heteroatoms. The molecule has 0 aliphatic carbocycles. The predicted octanol–water partition coefficient (Wildman–Crippen LogP) is 5.17. The number of piperazine rings is 1. The summed E-state index contributed by atoms with van der Waals surface area (Å²) in [6.07, 6.45) is 1.68. The average Bonchev–Trinajstić information content (AvgIpc) is 3.03. The molecule has 5 rings (SSSR count). The van der Waals surface area contributed by atoms with Gasteiger partial charge in [-0.15, -0.1) is 0 Å². The Morgan fingerprint density at radius 3 is 2.21 bits per heavy atom. The first-order valence-corrected chi connectivity index (χ1v) is 15.0. The summed E-state index contributed by atoms with van der Waals surface area (Å²) >= 11 is 6.17. The molecule has 2 aliphatic rings. The van der Waals surface area contributed by atoms with E-state index in [1.807, 2.05) is 66.7 Å². The number of nitrogens with zero attached hydrogens (tertiary/aromatic N) is 3. The van der Waals surface area contributed by atoms with E-state index in [-0.39, 0.29) is 17.7 Å². The van der Waals surface area contributed by atoms with Gasteiger partial charge in [-0.05, 0) is 79.5 Å². The number of anilines is 2. The van der Waals surface area contributed by atoms with Crippen molar-refractivity contribution in [2.75, 3.05) is 63.3 Å². The molecule has 2 saturated heterocycles. The molecule has 8 nitrogen and oxygen atoms in total. The number of piperidine rings is 1. The first kappa shape index (κ1) is 29.7. The number of carbonyl (C=O) groups is 2. The van der Waals surface area contributed by atoms with E-state index >= 15 is 0 Å². The summed E-state index contributed by atoms with van der Waals surface area (Å²) in [7, 11) is 3.24. The maximum atomic E-state index is 13.6. The van der Waals surface area contributed by atoms with Crippen LogP contribution in [0, 0.1) is 5.92 Å². The van der Waals surface area contributed by atoms with Gasteiger partial charge < -0.3 is 24.6 Å². The number of rotatable bonds is 10. The zero-order chi connectivity index (χ0) is 29.5. The van der Waals surface area contributed by atoms with E-state index in [0.717, 1.165) is 66.9 Å². The monoisotopic (exact) mass is 590 g/mol. The van der Waals surface area contributed by atoms with Gasteiger partial charge in [0.15, 0.2) is 0 Å². The van der Waals surface area contributed by atoms with Crippen molar-refractivity contribution in [2.45, 2.75) is 25.3 Å². The number of nitrogens with one attached hydrogen (secondary N) is 1. The molecule has 2 aliphatic heterocycles. The molecule has 1 N–H and O–H groups in total. The highest BCUT2D eigenvalue weighted by Crippen LogP contribution is 2.41. The summed E-state index contributed by atoms with van der Waals surface area (Å²) in [6, 6.07) is 22.7. The minimum atomic E-state index is -0.426. The van der Waals surface area contributed by atoms with E-state index in [1.54, 1.807) is 19.1 Å². The van der Waals surface area contributed by atoms with E-state index in [1.165, 1.54) is 0 Å². The topological polar surface area (TPSA) is 74.4 Å². The lowest BCUT2D eigenvalue weighted by molar-refractivity contribution is -0.129. The molecule has 0 unspecified atom stereocenters. The van der Waals surface area contributed by atoms with Gasteiger partial charge in [-0.1, -0.05) is 29.8 Å². The predicted molar refractivity (Wildman–Crippen MR) is 167 cm³/mol. The van der Waals surface area contributed by atoms with E-state index in [4.69, 9.17) is 21.1 Å². The van der Waals surface area contributed by atoms with Crippen LogP contribution in [0.1, 0.15) is 30.9 Å². The molecule has 2 amide bonds. The smallest absolute Gasteiger partial charge is 0.227 e. The minimum Gasteiger partial charge on any atom is -0.497 e. The van der Waals surface area contributed by atoms with Crippen LogP contribution in [0.4, 0.5) is 11.4 Å². The normalized spacial score (nSPS) is 19.5. The van der Waals surface area contributed by atoms with Crippen molar-refractivity contribution in [1.29, 1.82) is 0 Å². The molecular weight excluding hydrogens is 552 g/mol. The summed E-state index contributed by atoms with van der Waals surface area (Å²) in [5.41, 5.74) is 2.81. The highest BCUT2D eigenvalue weighted by atomic mass is 35.5. The van der Waals surface area contributed by atoms with E-state index in [9.17, 15) is 9.59 Å². The second kappa shape index (κ2) is 13.9. The van der Waals surface area contributed by atoms with E-state index in [2.05, 4.69) is 21.2 Å². The van der Waals surface area contributed by atoms with Crippen molar-refractivity contribution in [2.24, 2.45) is 5.92 Å². The average molecular weight is 591 g/mol. The standard InChI is InChI=1S/C33H39ClN4O4/c1-41-28-11-7-24(8-12-28)32-30(15-16-31(39)38(32)26-9-13-29(42-2)14-10-26)33(40)35-17-4-18-36-19-21-37(22-20-36)27-6-3-5-25(34)23-27/h3,5-14,23,30,32H,4,15-22H2,1-2H3,(H,35,40)/t30-,32-/m1/s1. The highest BCUT2D eigenvalue weighted by Gasteiger charge is 2.41. The van der Waals surface area contributed by atoms with Crippen molar-refractivity contribution >= 4 is 34.8 Å². The fourth-order valence-electron chi connectivity index (χ4n) is 5.94. The third-order valence-corrected chi connectivity index (χ3v) is 8.47. The Balaban J connectivity index is 1.21. The molecular formula is C33H39ClN4O4. The summed E-state index contributed by atoms with van der Waals surface area (Å²) in [6.45, 7) is 5.37. The zero-order valence-electron chi connectivity index (χ0n) is 24.3. The Labute approximate surface area is 253 Å². The molecule has 0 aromatic heterocycles. The first-order valence-electron chi connectivity index (χ1n) is 14.6. The number of methoxy groups -OCH3 is 2. The van der Waals surface area contributed by atoms with Crippen molar-refractivity contribution < 1.29 is 19.1 Å². The Morgan fingerprint density at radius 1 is 0.905 bits per heavy atom. The largest absolute Gasteiger partial charge is 0.497 e. The van der Waals surface area contributed by atoms with Gasteiger partial charge in [0.1, 0.15) is 11.5 Å². The van der Waals surface area contributed by atoms with Crippen molar-refractivity contribution in [1.82, 2.24) is 10.2 Å². The molecule has 3 aromatic rings. The number of amides is 2. The Bertz CT molecular complexity index is 1340. The van der Waals surface area contributed by atoms with Gasteiger partial charge in [-0.2, -0.15) is 0 Å². The molecule has 2 atom stereocenters. The molecule has 2 heterocycles. The van der Waals surface area contributed by atoms with Crippen LogP contribution in [0.2, 0.25) is 5.02 Å². The van der Waals surface area contributed by atoms with Crippen LogP contribution in [0.15, 0.2) is 72.8 Å². The van der Waals surface area contributed by atoms with E-state index < -0.39 is 6.04 Å². The van der Waals surface area contributed by atoms with Crippen LogP contribution in [-0.4, -0.2) is 70.2 Å². The minimum absolute atomic E-state index is 0.00181.